The number of furan rings is 1. The Balaban J connectivity index is 1.37. The molecule has 0 N–H and O–H groups in total. The Morgan fingerprint density at radius 2 is 2.04 bits per heavy atom. The number of carbonyl (C=O) groups excluding carboxylic acids is 2. The second-order valence-corrected chi connectivity index (χ2v) is 8.53. The number of hydrogen-bond acceptors (Lipinski definition) is 4. The lowest BCUT2D eigenvalue weighted by atomic mass is 9.72. The first kappa shape index (κ1) is 18.5. The molecule has 1 atom stereocenters. The van der Waals surface area contributed by atoms with Gasteiger partial charge in [0.15, 0.2) is 0 Å². The Hall–Kier alpha value is -1.82. The second-order valence-electron chi connectivity index (χ2n) is 8.53. The van der Waals surface area contributed by atoms with E-state index in [2.05, 4.69) is 0 Å². The van der Waals surface area contributed by atoms with Crippen LogP contribution in [0.1, 0.15) is 60.4 Å². The van der Waals surface area contributed by atoms with Gasteiger partial charge in [0.1, 0.15) is 11.5 Å². The van der Waals surface area contributed by atoms with Crippen molar-refractivity contribution in [3.63, 3.8) is 0 Å². The third kappa shape index (κ3) is 3.77. The third-order valence-electron chi connectivity index (χ3n) is 6.58. The number of piperidine rings is 2. The van der Waals surface area contributed by atoms with Crippen LogP contribution in [0.25, 0.3) is 0 Å². The van der Waals surface area contributed by atoms with Crippen LogP contribution in [0, 0.1) is 19.3 Å². The van der Waals surface area contributed by atoms with Crippen LogP contribution in [0.5, 0.6) is 0 Å². The van der Waals surface area contributed by atoms with Gasteiger partial charge in [-0.1, -0.05) is 0 Å². The number of likely N-dealkylation sites (tertiary alicyclic amines) is 2. The zero-order valence-corrected chi connectivity index (χ0v) is 16.5. The molecule has 0 aliphatic carbocycles. The maximum Gasteiger partial charge on any atom is 0.257 e. The Kier molecular flexibility index (Phi) is 5.01. The molecule has 1 aromatic rings. The van der Waals surface area contributed by atoms with E-state index in [1.54, 1.807) is 0 Å². The van der Waals surface area contributed by atoms with Crippen molar-refractivity contribution in [1.82, 2.24) is 9.80 Å². The van der Waals surface area contributed by atoms with Gasteiger partial charge in [-0.05, 0) is 57.4 Å². The molecule has 0 unspecified atom stereocenters. The summed E-state index contributed by atoms with van der Waals surface area (Å²) in [6.45, 7) is 7.60. The Morgan fingerprint density at radius 3 is 2.67 bits per heavy atom. The molecule has 4 rings (SSSR count). The summed E-state index contributed by atoms with van der Waals surface area (Å²) in [7, 11) is 0. The first-order valence-corrected chi connectivity index (χ1v) is 10.2. The number of nitrogens with zero attached hydrogens (tertiary/aromatic N) is 2. The molecular formula is C21H30N2O4. The normalized spacial score (nSPS) is 25.4. The third-order valence-corrected chi connectivity index (χ3v) is 6.58. The van der Waals surface area contributed by atoms with Crippen LogP contribution in [-0.4, -0.2) is 60.5 Å². The highest BCUT2D eigenvalue weighted by Crippen LogP contribution is 2.41. The number of rotatable bonds is 3. The summed E-state index contributed by atoms with van der Waals surface area (Å²) in [5.74, 6) is 1.81. The Morgan fingerprint density at radius 1 is 1.26 bits per heavy atom. The molecule has 3 aliphatic rings. The molecule has 1 spiro atoms. The minimum Gasteiger partial charge on any atom is -0.466 e. The lowest BCUT2D eigenvalue weighted by molar-refractivity contribution is -0.141. The van der Waals surface area contributed by atoms with E-state index in [4.69, 9.17) is 9.15 Å². The highest BCUT2D eigenvalue weighted by Gasteiger charge is 2.42. The second kappa shape index (κ2) is 7.30. The predicted octanol–water partition coefficient (Wildman–Crippen LogP) is 2.92. The summed E-state index contributed by atoms with van der Waals surface area (Å²) in [6.07, 6.45) is 5.86. The SMILES string of the molecule is Cc1cc(C(=O)N2CCC3(CCC(=O)N(C[C@@H]4CCCO4)C3)CC2)c(C)o1. The molecule has 3 saturated heterocycles. The molecular weight excluding hydrogens is 344 g/mol. The lowest BCUT2D eigenvalue weighted by Crippen LogP contribution is -2.53. The van der Waals surface area contributed by atoms with Crippen molar-refractivity contribution in [3.05, 3.63) is 23.2 Å². The van der Waals surface area contributed by atoms with Crippen LogP contribution in [0.2, 0.25) is 0 Å². The molecule has 0 saturated carbocycles. The molecule has 6 heteroatoms. The highest BCUT2D eigenvalue weighted by atomic mass is 16.5. The van der Waals surface area contributed by atoms with E-state index in [1.807, 2.05) is 29.7 Å². The number of carbonyl (C=O) groups is 2. The van der Waals surface area contributed by atoms with Gasteiger partial charge in [0, 0.05) is 39.2 Å². The zero-order chi connectivity index (χ0) is 19.0. The topological polar surface area (TPSA) is 63.0 Å². The van der Waals surface area contributed by atoms with Crippen molar-refractivity contribution in [2.45, 2.75) is 58.5 Å². The van der Waals surface area contributed by atoms with E-state index in [0.29, 0.717) is 17.7 Å². The average Bonchev–Trinajstić information content (AvgIpc) is 3.28. The lowest BCUT2D eigenvalue weighted by Gasteiger charge is -2.47. The molecule has 6 nitrogen and oxygen atoms in total. The summed E-state index contributed by atoms with van der Waals surface area (Å²) in [6, 6.07) is 1.84. The molecule has 3 fully saturated rings. The Labute approximate surface area is 160 Å². The number of hydrogen-bond donors (Lipinski definition) is 0. The molecule has 4 heterocycles. The van der Waals surface area contributed by atoms with E-state index >= 15 is 0 Å². The first-order chi connectivity index (χ1) is 13.0. The summed E-state index contributed by atoms with van der Waals surface area (Å²) >= 11 is 0. The van der Waals surface area contributed by atoms with Gasteiger partial charge in [0.25, 0.3) is 5.91 Å². The maximum absolute atomic E-state index is 12.8. The Bertz CT molecular complexity index is 712. The van der Waals surface area contributed by atoms with Crippen LogP contribution in [0.15, 0.2) is 10.5 Å². The van der Waals surface area contributed by atoms with E-state index in [1.165, 1.54) is 0 Å². The van der Waals surface area contributed by atoms with Crippen molar-refractivity contribution in [2.24, 2.45) is 5.41 Å². The summed E-state index contributed by atoms with van der Waals surface area (Å²) in [5, 5.41) is 0. The fraction of sp³-hybridized carbons (Fsp3) is 0.714. The zero-order valence-electron chi connectivity index (χ0n) is 16.5. The molecule has 0 bridgehead atoms. The van der Waals surface area contributed by atoms with Gasteiger partial charge in [0.05, 0.1) is 11.7 Å². The van der Waals surface area contributed by atoms with Crippen molar-refractivity contribution < 1.29 is 18.7 Å². The van der Waals surface area contributed by atoms with Gasteiger partial charge in [-0.25, -0.2) is 0 Å². The van der Waals surface area contributed by atoms with Gasteiger partial charge in [-0.15, -0.1) is 0 Å². The van der Waals surface area contributed by atoms with Crippen molar-refractivity contribution in [2.75, 3.05) is 32.8 Å². The molecule has 2 amide bonds. The number of aryl methyl sites for hydroxylation is 2. The predicted molar refractivity (Wildman–Crippen MR) is 101 cm³/mol. The highest BCUT2D eigenvalue weighted by molar-refractivity contribution is 5.95. The van der Waals surface area contributed by atoms with E-state index < -0.39 is 0 Å². The summed E-state index contributed by atoms with van der Waals surface area (Å²) in [4.78, 5) is 29.2. The molecule has 27 heavy (non-hydrogen) atoms. The monoisotopic (exact) mass is 374 g/mol. The summed E-state index contributed by atoms with van der Waals surface area (Å²) in [5.41, 5.74) is 0.840. The molecule has 1 aromatic heterocycles. The van der Waals surface area contributed by atoms with E-state index in [9.17, 15) is 9.59 Å². The molecule has 0 radical (unpaired) electrons. The molecule has 0 aromatic carbocycles. The van der Waals surface area contributed by atoms with Crippen LogP contribution in [0.4, 0.5) is 0 Å². The maximum atomic E-state index is 12.8. The fourth-order valence-corrected chi connectivity index (χ4v) is 4.91. The van der Waals surface area contributed by atoms with Crippen LogP contribution in [-0.2, 0) is 9.53 Å². The average molecular weight is 374 g/mol. The van der Waals surface area contributed by atoms with Crippen molar-refractivity contribution >= 4 is 11.8 Å². The van der Waals surface area contributed by atoms with Gasteiger partial charge in [-0.2, -0.15) is 0 Å². The van der Waals surface area contributed by atoms with E-state index in [0.717, 1.165) is 70.7 Å². The number of amides is 2. The summed E-state index contributed by atoms with van der Waals surface area (Å²) < 4.78 is 11.3. The van der Waals surface area contributed by atoms with Crippen LogP contribution in [0.3, 0.4) is 0 Å². The van der Waals surface area contributed by atoms with Crippen LogP contribution < -0.4 is 0 Å². The van der Waals surface area contributed by atoms with Gasteiger partial charge in [-0.3, -0.25) is 9.59 Å². The van der Waals surface area contributed by atoms with Crippen molar-refractivity contribution in [3.8, 4) is 0 Å². The number of ether oxygens (including phenoxy) is 1. The molecule has 148 valence electrons. The van der Waals surface area contributed by atoms with Crippen LogP contribution >= 0.6 is 0 Å². The smallest absolute Gasteiger partial charge is 0.257 e. The standard InChI is InChI=1S/C21H30N2O4/c1-15-12-18(16(2)27-15)20(25)22-9-7-21(8-10-22)6-5-19(24)23(14-21)13-17-4-3-11-26-17/h12,17H,3-11,13-14H2,1-2H3/t17-/m0/s1. The quantitative estimate of drug-likeness (QED) is 0.816. The van der Waals surface area contributed by atoms with E-state index in [-0.39, 0.29) is 23.3 Å². The van der Waals surface area contributed by atoms with Gasteiger partial charge < -0.3 is 19.0 Å². The fourth-order valence-electron chi connectivity index (χ4n) is 4.91. The van der Waals surface area contributed by atoms with Crippen molar-refractivity contribution in [1.29, 1.82) is 0 Å². The van der Waals surface area contributed by atoms with Gasteiger partial charge >= 0.3 is 0 Å². The minimum atomic E-state index is 0.0716. The minimum absolute atomic E-state index is 0.0716. The molecule has 3 aliphatic heterocycles. The first-order valence-electron chi connectivity index (χ1n) is 10.2. The van der Waals surface area contributed by atoms with Gasteiger partial charge in [0.2, 0.25) is 5.91 Å². The largest absolute Gasteiger partial charge is 0.466 e.